The van der Waals surface area contributed by atoms with Crippen LogP contribution in [0.3, 0.4) is 0 Å². The van der Waals surface area contributed by atoms with Crippen LogP contribution in [-0.2, 0) is 11.2 Å². The van der Waals surface area contributed by atoms with E-state index < -0.39 is 0 Å². The SMILES string of the molecule is CN(CC1(CN)CC1)C(=O)Cc1ccccc1Br. The normalized spacial score (nSPS) is 16.4. The van der Waals surface area contributed by atoms with Crippen LogP contribution in [0.15, 0.2) is 28.7 Å². The number of carbonyl (C=O) groups is 1. The first kappa shape index (κ1) is 13.6. The summed E-state index contributed by atoms with van der Waals surface area (Å²) < 4.78 is 0.992. The molecular weight excluding hydrogens is 292 g/mol. The number of carbonyl (C=O) groups excluding carboxylic acids is 1. The Morgan fingerprint density at radius 1 is 1.44 bits per heavy atom. The monoisotopic (exact) mass is 310 g/mol. The first-order chi connectivity index (χ1) is 8.56. The highest BCUT2D eigenvalue weighted by atomic mass is 79.9. The van der Waals surface area contributed by atoms with Crippen LogP contribution in [0.25, 0.3) is 0 Å². The molecule has 0 spiro atoms. The molecule has 1 fully saturated rings. The molecule has 1 aliphatic carbocycles. The molecule has 1 saturated carbocycles. The molecule has 0 aliphatic heterocycles. The smallest absolute Gasteiger partial charge is 0.226 e. The van der Waals surface area contributed by atoms with Crippen LogP contribution >= 0.6 is 15.9 Å². The van der Waals surface area contributed by atoms with Gasteiger partial charge in [0.25, 0.3) is 0 Å². The maximum atomic E-state index is 12.2. The predicted molar refractivity (Wildman–Crippen MR) is 76.2 cm³/mol. The Bertz CT molecular complexity index is 443. The molecule has 4 heteroatoms. The molecule has 0 atom stereocenters. The number of rotatable bonds is 5. The zero-order valence-electron chi connectivity index (χ0n) is 10.7. The fraction of sp³-hybridized carbons (Fsp3) is 0.500. The molecular formula is C14H19BrN2O. The minimum Gasteiger partial charge on any atom is -0.345 e. The van der Waals surface area contributed by atoms with Gasteiger partial charge in [-0.1, -0.05) is 34.1 Å². The second-order valence-corrected chi connectivity index (χ2v) is 6.08. The van der Waals surface area contributed by atoms with E-state index in [4.69, 9.17) is 5.73 Å². The van der Waals surface area contributed by atoms with E-state index in [1.54, 1.807) is 0 Å². The van der Waals surface area contributed by atoms with E-state index in [1.807, 2.05) is 36.2 Å². The summed E-state index contributed by atoms with van der Waals surface area (Å²) in [5, 5.41) is 0. The van der Waals surface area contributed by atoms with Crippen LogP contribution < -0.4 is 5.73 Å². The summed E-state index contributed by atoms with van der Waals surface area (Å²) >= 11 is 3.47. The second kappa shape index (κ2) is 5.41. The number of likely N-dealkylation sites (N-methyl/N-ethyl adjacent to an activating group) is 1. The summed E-state index contributed by atoms with van der Waals surface area (Å²) in [6, 6.07) is 7.85. The van der Waals surface area contributed by atoms with Crippen LogP contribution in [0.4, 0.5) is 0 Å². The van der Waals surface area contributed by atoms with Crippen LogP contribution in [0.1, 0.15) is 18.4 Å². The van der Waals surface area contributed by atoms with E-state index in [-0.39, 0.29) is 11.3 Å². The highest BCUT2D eigenvalue weighted by molar-refractivity contribution is 9.10. The van der Waals surface area contributed by atoms with Crippen molar-refractivity contribution in [1.29, 1.82) is 0 Å². The summed E-state index contributed by atoms with van der Waals surface area (Å²) in [6.45, 7) is 1.46. The molecule has 0 unspecified atom stereocenters. The lowest BCUT2D eigenvalue weighted by Crippen LogP contribution is -2.36. The van der Waals surface area contributed by atoms with Gasteiger partial charge in [0.05, 0.1) is 6.42 Å². The van der Waals surface area contributed by atoms with Gasteiger partial charge in [0.2, 0.25) is 5.91 Å². The van der Waals surface area contributed by atoms with Gasteiger partial charge in [-0.3, -0.25) is 4.79 Å². The zero-order valence-corrected chi connectivity index (χ0v) is 12.2. The molecule has 2 rings (SSSR count). The lowest BCUT2D eigenvalue weighted by atomic mass is 10.1. The number of hydrogen-bond donors (Lipinski definition) is 1. The highest BCUT2D eigenvalue weighted by Gasteiger charge is 2.42. The van der Waals surface area contributed by atoms with E-state index in [9.17, 15) is 4.79 Å². The average Bonchev–Trinajstić information content (AvgIpc) is 3.12. The maximum Gasteiger partial charge on any atom is 0.226 e. The molecule has 1 aliphatic rings. The van der Waals surface area contributed by atoms with Crippen molar-refractivity contribution in [1.82, 2.24) is 4.90 Å². The van der Waals surface area contributed by atoms with Gasteiger partial charge in [-0.25, -0.2) is 0 Å². The van der Waals surface area contributed by atoms with Crippen molar-refractivity contribution in [2.24, 2.45) is 11.1 Å². The zero-order chi connectivity index (χ0) is 13.2. The number of nitrogens with two attached hydrogens (primary N) is 1. The summed E-state index contributed by atoms with van der Waals surface area (Å²) in [6.07, 6.45) is 2.74. The Morgan fingerprint density at radius 3 is 2.67 bits per heavy atom. The van der Waals surface area contributed by atoms with Crippen molar-refractivity contribution in [3.05, 3.63) is 34.3 Å². The molecule has 1 aromatic rings. The van der Waals surface area contributed by atoms with E-state index in [1.165, 1.54) is 0 Å². The first-order valence-electron chi connectivity index (χ1n) is 6.24. The predicted octanol–water partition coefficient (Wildman–Crippen LogP) is 2.19. The van der Waals surface area contributed by atoms with Gasteiger partial charge >= 0.3 is 0 Å². The van der Waals surface area contributed by atoms with Gasteiger partial charge in [-0.15, -0.1) is 0 Å². The molecule has 0 radical (unpaired) electrons. The Balaban J connectivity index is 1.94. The molecule has 18 heavy (non-hydrogen) atoms. The van der Waals surface area contributed by atoms with Crippen LogP contribution in [0.5, 0.6) is 0 Å². The third kappa shape index (κ3) is 3.12. The average molecular weight is 311 g/mol. The molecule has 1 amide bonds. The van der Waals surface area contributed by atoms with Crippen LogP contribution in [0, 0.1) is 5.41 Å². The van der Waals surface area contributed by atoms with Crippen molar-refractivity contribution >= 4 is 21.8 Å². The molecule has 0 heterocycles. The van der Waals surface area contributed by atoms with Gasteiger partial charge < -0.3 is 10.6 Å². The van der Waals surface area contributed by atoms with Crippen molar-refractivity contribution in [2.45, 2.75) is 19.3 Å². The number of amides is 1. The number of benzene rings is 1. The maximum absolute atomic E-state index is 12.2. The van der Waals surface area contributed by atoms with Gasteiger partial charge in [0.15, 0.2) is 0 Å². The van der Waals surface area contributed by atoms with Gasteiger partial charge in [-0.2, -0.15) is 0 Å². The Morgan fingerprint density at radius 2 is 2.11 bits per heavy atom. The minimum absolute atomic E-state index is 0.154. The largest absolute Gasteiger partial charge is 0.345 e. The topological polar surface area (TPSA) is 46.3 Å². The lowest BCUT2D eigenvalue weighted by Gasteiger charge is -2.23. The molecule has 0 aromatic heterocycles. The fourth-order valence-corrected chi connectivity index (χ4v) is 2.56. The van der Waals surface area contributed by atoms with Gasteiger partial charge in [0.1, 0.15) is 0 Å². The number of halogens is 1. The summed E-state index contributed by atoms with van der Waals surface area (Å²) in [7, 11) is 1.87. The molecule has 0 bridgehead atoms. The van der Waals surface area contributed by atoms with Crippen molar-refractivity contribution in [3.63, 3.8) is 0 Å². The molecule has 98 valence electrons. The minimum atomic E-state index is 0.154. The number of hydrogen-bond acceptors (Lipinski definition) is 2. The quantitative estimate of drug-likeness (QED) is 0.906. The Kier molecular flexibility index (Phi) is 4.07. The Labute approximate surface area is 116 Å². The first-order valence-corrected chi connectivity index (χ1v) is 7.03. The van der Waals surface area contributed by atoms with Crippen LogP contribution in [-0.4, -0.2) is 30.9 Å². The summed E-state index contributed by atoms with van der Waals surface area (Å²) in [5.74, 6) is 0.154. The summed E-state index contributed by atoms with van der Waals surface area (Å²) in [5.41, 5.74) is 6.99. The van der Waals surface area contributed by atoms with Crippen molar-refractivity contribution in [2.75, 3.05) is 20.1 Å². The third-order valence-electron chi connectivity index (χ3n) is 3.69. The number of nitrogens with zero attached hydrogens (tertiary/aromatic N) is 1. The molecule has 1 aromatic carbocycles. The molecule has 0 saturated heterocycles. The van der Waals surface area contributed by atoms with Crippen molar-refractivity contribution < 1.29 is 4.79 Å². The van der Waals surface area contributed by atoms with Crippen molar-refractivity contribution in [3.8, 4) is 0 Å². The fourth-order valence-electron chi connectivity index (χ4n) is 2.13. The highest BCUT2D eigenvalue weighted by Crippen LogP contribution is 2.44. The van der Waals surface area contributed by atoms with Gasteiger partial charge in [0, 0.05) is 23.5 Å². The standard InChI is InChI=1S/C14H19BrN2O/c1-17(10-14(9-16)6-7-14)13(18)8-11-4-2-3-5-12(11)15/h2-5H,6-10,16H2,1H3. The van der Waals surface area contributed by atoms with E-state index >= 15 is 0 Å². The lowest BCUT2D eigenvalue weighted by molar-refractivity contribution is -0.129. The van der Waals surface area contributed by atoms with E-state index in [0.29, 0.717) is 13.0 Å². The van der Waals surface area contributed by atoms with E-state index in [0.717, 1.165) is 29.4 Å². The Hall–Kier alpha value is -0.870. The van der Waals surface area contributed by atoms with Gasteiger partial charge in [-0.05, 0) is 31.0 Å². The molecule has 3 nitrogen and oxygen atoms in total. The third-order valence-corrected chi connectivity index (χ3v) is 4.46. The second-order valence-electron chi connectivity index (χ2n) is 5.22. The summed E-state index contributed by atoms with van der Waals surface area (Å²) in [4.78, 5) is 14.0. The van der Waals surface area contributed by atoms with E-state index in [2.05, 4.69) is 15.9 Å². The van der Waals surface area contributed by atoms with Crippen LogP contribution in [0.2, 0.25) is 0 Å². The molecule has 2 N–H and O–H groups in total.